The fourth-order valence-corrected chi connectivity index (χ4v) is 3.30. The van der Waals surface area contributed by atoms with Gasteiger partial charge in [-0.3, -0.25) is 0 Å². The number of hydrogen-bond acceptors (Lipinski definition) is 6. The minimum absolute atomic E-state index is 0. The Bertz CT molecular complexity index is 771. The molecule has 1 heterocycles. The molecule has 0 spiro atoms. The summed E-state index contributed by atoms with van der Waals surface area (Å²) in [6, 6.07) is 3.64. The number of hydrogen-bond donors (Lipinski definition) is 1. The van der Waals surface area contributed by atoms with E-state index in [1.165, 1.54) is 0 Å². The Morgan fingerprint density at radius 3 is 2.69 bits per heavy atom. The van der Waals surface area contributed by atoms with E-state index in [2.05, 4.69) is 10.1 Å². The first-order chi connectivity index (χ1) is 12.1. The Labute approximate surface area is 164 Å². The fourth-order valence-electron chi connectivity index (χ4n) is 3.02. The maximum absolute atomic E-state index is 6.35. The summed E-state index contributed by atoms with van der Waals surface area (Å²) in [5.74, 6) is 2.10. The molecule has 0 unspecified atom stereocenters. The number of benzene rings is 1. The molecular weight excluding hydrogens is 377 g/mol. The fraction of sp³-hybridized carbons (Fsp3) is 0.444. The van der Waals surface area contributed by atoms with Crippen LogP contribution >= 0.6 is 24.0 Å². The topological polar surface area (TPSA) is 83.4 Å². The van der Waals surface area contributed by atoms with Crippen LogP contribution in [0.3, 0.4) is 0 Å². The Hall–Kier alpha value is -1.76. The van der Waals surface area contributed by atoms with Gasteiger partial charge in [0, 0.05) is 6.08 Å². The van der Waals surface area contributed by atoms with E-state index in [0.717, 1.165) is 31.2 Å². The van der Waals surface area contributed by atoms with Gasteiger partial charge in [0.15, 0.2) is 17.3 Å². The molecule has 1 aromatic carbocycles. The third-order valence-corrected chi connectivity index (χ3v) is 4.62. The molecule has 1 fully saturated rings. The van der Waals surface area contributed by atoms with E-state index in [4.69, 9.17) is 31.3 Å². The molecule has 2 aromatic rings. The van der Waals surface area contributed by atoms with Gasteiger partial charge in [-0.1, -0.05) is 29.6 Å². The summed E-state index contributed by atoms with van der Waals surface area (Å²) in [4.78, 5) is 4.41. The molecule has 1 aromatic heterocycles. The zero-order valence-electron chi connectivity index (χ0n) is 14.8. The van der Waals surface area contributed by atoms with E-state index in [1.807, 2.05) is 19.1 Å². The van der Waals surface area contributed by atoms with Crippen LogP contribution in [0.25, 0.3) is 12.2 Å². The summed E-state index contributed by atoms with van der Waals surface area (Å²) < 4.78 is 16.2. The van der Waals surface area contributed by atoms with Crippen molar-refractivity contribution in [3.05, 3.63) is 34.4 Å². The number of methoxy groups -OCH3 is 1. The maximum atomic E-state index is 6.35. The van der Waals surface area contributed by atoms with Crippen molar-refractivity contribution in [2.75, 3.05) is 13.7 Å². The molecule has 6 nitrogen and oxygen atoms in total. The zero-order valence-corrected chi connectivity index (χ0v) is 16.4. The highest BCUT2D eigenvalue weighted by molar-refractivity contribution is 6.32. The highest BCUT2D eigenvalue weighted by Crippen LogP contribution is 2.37. The first kappa shape index (κ1) is 20.6. The van der Waals surface area contributed by atoms with Crippen LogP contribution in [-0.4, -0.2) is 23.9 Å². The van der Waals surface area contributed by atoms with Gasteiger partial charge in [-0.15, -0.1) is 12.4 Å². The summed E-state index contributed by atoms with van der Waals surface area (Å²) in [7, 11) is 1.58. The van der Waals surface area contributed by atoms with Gasteiger partial charge in [-0.25, -0.2) is 0 Å². The van der Waals surface area contributed by atoms with Crippen molar-refractivity contribution in [3.63, 3.8) is 0 Å². The molecule has 2 N–H and O–H groups in total. The molecule has 0 amide bonds. The molecule has 0 bridgehead atoms. The molecular formula is C18H23Cl2N3O3. The lowest BCUT2D eigenvalue weighted by Gasteiger charge is -2.17. The molecule has 0 saturated heterocycles. The Morgan fingerprint density at radius 1 is 1.31 bits per heavy atom. The number of nitrogens with two attached hydrogens (primary N) is 1. The van der Waals surface area contributed by atoms with Crippen molar-refractivity contribution in [3.8, 4) is 11.5 Å². The summed E-state index contributed by atoms with van der Waals surface area (Å²) >= 11 is 6.28. The lowest BCUT2D eigenvalue weighted by Crippen LogP contribution is -2.34. The third kappa shape index (κ3) is 4.31. The van der Waals surface area contributed by atoms with Crippen LogP contribution in [0.15, 0.2) is 16.7 Å². The van der Waals surface area contributed by atoms with E-state index < -0.39 is 5.54 Å². The van der Waals surface area contributed by atoms with Crippen molar-refractivity contribution >= 4 is 36.2 Å². The molecule has 1 aliphatic carbocycles. The number of aromatic nitrogens is 2. The summed E-state index contributed by atoms with van der Waals surface area (Å²) in [5, 5.41) is 4.52. The number of rotatable bonds is 6. The van der Waals surface area contributed by atoms with Crippen LogP contribution in [0.2, 0.25) is 5.02 Å². The van der Waals surface area contributed by atoms with Crippen LogP contribution < -0.4 is 15.2 Å². The summed E-state index contributed by atoms with van der Waals surface area (Å²) in [6.07, 6.45) is 7.55. The Kier molecular flexibility index (Phi) is 6.92. The average Bonchev–Trinajstić information content (AvgIpc) is 3.25. The Balaban J connectivity index is 0.00000243. The second-order valence-corrected chi connectivity index (χ2v) is 6.53. The molecule has 3 rings (SSSR count). The van der Waals surface area contributed by atoms with Crippen molar-refractivity contribution < 1.29 is 14.0 Å². The van der Waals surface area contributed by atoms with E-state index in [9.17, 15) is 0 Å². The van der Waals surface area contributed by atoms with Gasteiger partial charge in [0.2, 0.25) is 0 Å². The lowest BCUT2D eigenvalue weighted by molar-refractivity contribution is 0.311. The van der Waals surface area contributed by atoms with Crippen LogP contribution in [0.4, 0.5) is 0 Å². The van der Waals surface area contributed by atoms with Gasteiger partial charge in [0.05, 0.1) is 24.3 Å². The number of halogens is 2. The maximum Gasteiger partial charge on any atom is 0.250 e. The highest BCUT2D eigenvalue weighted by Gasteiger charge is 2.35. The summed E-state index contributed by atoms with van der Waals surface area (Å²) in [6.45, 7) is 2.40. The first-order valence-corrected chi connectivity index (χ1v) is 8.75. The van der Waals surface area contributed by atoms with Gasteiger partial charge >= 0.3 is 0 Å². The molecule has 8 heteroatoms. The third-order valence-electron chi connectivity index (χ3n) is 4.34. The molecule has 0 radical (unpaired) electrons. The van der Waals surface area contributed by atoms with Crippen LogP contribution in [0.5, 0.6) is 11.5 Å². The van der Waals surface area contributed by atoms with Crippen molar-refractivity contribution in [2.45, 2.75) is 38.1 Å². The number of nitrogens with zero attached hydrogens (tertiary/aromatic N) is 2. The normalized spacial score (nSPS) is 15.8. The van der Waals surface area contributed by atoms with Crippen LogP contribution in [0, 0.1) is 0 Å². The summed E-state index contributed by atoms with van der Waals surface area (Å²) in [5.41, 5.74) is 6.73. The average molecular weight is 400 g/mol. The molecule has 1 saturated carbocycles. The van der Waals surface area contributed by atoms with Crippen molar-refractivity contribution in [2.24, 2.45) is 5.73 Å². The SMILES string of the molecule is CCOc1c(Cl)cc(/C=C/c2nc(C3(N)CCCC3)no2)cc1OC.Cl. The lowest BCUT2D eigenvalue weighted by atomic mass is 9.99. The minimum atomic E-state index is -0.457. The van der Waals surface area contributed by atoms with Gasteiger partial charge in [-0.05, 0) is 43.5 Å². The van der Waals surface area contributed by atoms with Crippen LogP contribution in [0.1, 0.15) is 49.9 Å². The van der Waals surface area contributed by atoms with E-state index in [-0.39, 0.29) is 12.4 Å². The largest absolute Gasteiger partial charge is 0.493 e. The molecule has 1 aliphatic rings. The molecule has 26 heavy (non-hydrogen) atoms. The second kappa shape index (κ2) is 8.75. The number of ether oxygens (including phenoxy) is 2. The minimum Gasteiger partial charge on any atom is -0.493 e. The molecule has 0 aliphatic heterocycles. The quantitative estimate of drug-likeness (QED) is 0.771. The monoisotopic (exact) mass is 399 g/mol. The van der Waals surface area contributed by atoms with E-state index >= 15 is 0 Å². The smallest absolute Gasteiger partial charge is 0.250 e. The van der Waals surface area contributed by atoms with E-state index in [1.54, 1.807) is 19.3 Å². The van der Waals surface area contributed by atoms with E-state index in [0.29, 0.717) is 34.8 Å². The van der Waals surface area contributed by atoms with Gasteiger partial charge in [0.25, 0.3) is 5.89 Å². The van der Waals surface area contributed by atoms with Gasteiger partial charge in [0.1, 0.15) is 0 Å². The molecule has 0 atom stereocenters. The standard InChI is InChI=1S/C18H22ClN3O3.ClH/c1-3-24-16-13(19)10-12(11-14(16)23-2)6-7-15-21-17(22-25-15)18(20)8-4-5-9-18;/h6-7,10-11H,3-5,8-9,20H2,1-2H3;1H/b7-6+;. The first-order valence-electron chi connectivity index (χ1n) is 8.37. The molecule has 142 valence electrons. The van der Waals surface area contributed by atoms with Crippen molar-refractivity contribution in [1.82, 2.24) is 10.1 Å². The zero-order chi connectivity index (χ0) is 17.9. The highest BCUT2D eigenvalue weighted by atomic mass is 35.5. The van der Waals surface area contributed by atoms with Gasteiger partial charge < -0.3 is 19.7 Å². The van der Waals surface area contributed by atoms with Crippen molar-refractivity contribution in [1.29, 1.82) is 0 Å². The predicted octanol–water partition coefficient (Wildman–Crippen LogP) is 4.45. The van der Waals surface area contributed by atoms with Gasteiger partial charge in [-0.2, -0.15) is 4.98 Å². The second-order valence-electron chi connectivity index (χ2n) is 6.12. The Morgan fingerprint density at radius 2 is 2.04 bits per heavy atom. The van der Waals surface area contributed by atoms with Crippen LogP contribution in [-0.2, 0) is 5.54 Å². The predicted molar refractivity (Wildman–Crippen MR) is 104 cm³/mol.